The monoisotopic (exact) mass is 432 g/mol. The number of fused-ring (bicyclic) bond motifs is 1. The van der Waals surface area contributed by atoms with Crippen LogP contribution in [0.15, 0.2) is 36.5 Å². The van der Waals surface area contributed by atoms with E-state index >= 15 is 0 Å². The summed E-state index contributed by atoms with van der Waals surface area (Å²) in [7, 11) is 1.54. The van der Waals surface area contributed by atoms with E-state index in [0.29, 0.717) is 24.2 Å². The van der Waals surface area contributed by atoms with Crippen LogP contribution in [0.5, 0.6) is 0 Å². The van der Waals surface area contributed by atoms with E-state index in [4.69, 9.17) is 6.42 Å². The number of nitrogens with one attached hydrogen (secondary N) is 2. The van der Waals surface area contributed by atoms with Gasteiger partial charge in [-0.15, -0.1) is 6.42 Å². The number of unbranched alkanes of at least 4 members (excludes halogenated alkanes) is 1. The van der Waals surface area contributed by atoms with Crippen LogP contribution in [0.2, 0.25) is 0 Å². The summed E-state index contributed by atoms with van der Waals surface area (Å²) in [5, 5.41) is 6.04. The van der Waals surface area contributed by atoms with Crippen molar-refractivity contribution in [2.75, 3.05) is 18.9 Å². The summed E-state index contributed by atoms with van der Waals surface area (Å²) < 4.78 is 0. The fraction of sp³-hybridized carbons (Fsp3) is 0.360. The van der Waals surface area contributed by atoms with E-state index in [1.807, 2.05) is 30.5 Å². The SMILES string of the molecule is C#Cc1ccc(CCCCNc2cccc3c2CN(C(CCC=O)C(=O)NC)C3=O)cn1. The third kappa shape index (κ3) is 5.33. The Morgan fingerprint density at radius 1 is 1.31 bits per heavy atom. The number of aldehydes is 1. The highest BCUT2D eigenvalue weighted by Crippen LogP contribution is 2.31. The Labute approximate surface area is 188 Å². The molecule has 2 amide bonds. The van der Waals surface area contributed by atoms with Crippen LogP contribution in [0.3, 0.4) is 0 Å². The minimum atomic E-state index is -0.660. The van der Waals surface area contributed by atoms with Crippen LogP contribution in [0, 0.1) is 12.3 Å². The van der Waals surface area contributed by atoms with Crippen LogP contribution in [0.4, 0.5) is 5.69 Å². The summed E-state index contributed by atoms with van der Waals surface area (Å²) in [6.07, 6.45) is 11.3. The fourth-order valence-corrected chi connectivity index (χ4v) is 3.93. The quantitative estimate of drug-likeness (QED) is 0.324. The van der Waals surface area contributed by atoms with Gasteiger partial charge in [-0.2, -0.15) is 0 Å². The minimum Gasteiger partial charge on any atom is -0.385 e. The molecule has 7 nitrogen and oxygen atoms in total. The highest BCUT2D eigenvalue weighted by molar-refractivity contribution is 6.02. The van der Waals surface area contributed by atoms with E-state index in [1.54, 1.807) is 11.0 Å². The van der Waals surface area contributed by atoms with Crippen molar-refractivity contribution in [2.24, 2.45) is 0 Å². The van der Waals surface area contributed by atoms with Gasteiger partial charge in [0.15, 0.2) is 0 Å². The Bertz CT molecular complexity index is 1010. The van der Waals surface area contributed by atoms with Gasteiger partial charge in [0.2, 0.25) is 5.91 Å². The molecule has 1 aliphatic heterocycles. The number of nitrogens with zero attached hydrogens (tertiary/aromatic N) is 2. The summed E-state index contributed by atoms with van der Waals surface area (Å²) >= 11 is 0. The molecule has 166 valence electrons. The molecule has 1 atom stereocenters. The smallest absolute Gasteiger partial charge is 0.255 e. The van der Waals surface area contributed by atoms with Crippen molar-refractivity contribution >= 4 is 23.8 Å². The first-order chi connectivity index (χ1) is 15.6. The molecule has 0 radical (unpaired) electrons. The molecule has 0 aliphatic carbocycles. The van der Waals surface area contributed by atoms with E-state index < -0.39 is 6.04 Å². The predicted molar refractivity (Wildman–Crippen MR) is 123 cm³/mol. The lowest BCUT2D eigenvalue weighted by Crippen LogP contribution is -2.46. The molecule has 0 spiro atoms. The van der Waals surface area contributed by atoms with Crippen LogP contribution in [0.1, 0.15) is 52.9 Å². The van der Waals surface area contributed by atoms with Crippen LogP contribution in [0.25, 0.3) is 0 Å². The number of aryl methyl sites for hydroxylation is 1. The number of benzene rings is 1. The molecule has 32 heavy (non-hydrogen) atoms. The van der Waals surface area contributed by atoms with E-state index in [9.17, 15) is 14.4 Å². The van der Waals surface area contributed by atoms with Gasteiger partial charge in [0.1, 0.15) is 18.0 Å². The van der Waals surface area contributed by atoms with Crippen molar-refractivity contribution in [1.29, 1.82) is 0 Å². The molecule has 1 unspecified atom stereocenters. The standard InChI is InChI=1S/C25H28N4O3/c1-3-19-13-12-18(16-28-19)8-4-5-14-27-22-10-6-9-20-21(22)17-29(25(20)32)23(11-7-15-30)24(31)26-2/h1,6,9-10,12-13,15-16,23,27H,4-5,7-8,11,14,17H2,2H3,(H,26,31). The molecular weight excluding hydrogens is 404 g/mol. The number of carbonyl (C=O) groups excluding carboxylic acids is 3. The number of carbonyl (C=O) groups is 3. The summed E-state index contributed by atoms with van der Waals surface area (Å²) in [4.78, 5) is 41.9. The number of terminal acetylenes is 1. The Kier molecular flexibility index (Phi) is 7.98. The Morgan fingerprint density at radius 2 is 2.16 bits per heavy atom. The zero-order valence-corrected chi connectivity index (χ0v) is 18.3. The Balaban J connectivity index is 1.58. The Morgan fingerprint density at radius 3 is 2.84 bits per heavy atom. The topological polar surface area (TPSA) is 91.4 Å². The molecule has 1 aliphatic rings. The number of hydrogen-bond donors (Lipinski definition) is 2. The van der Waals surface area contributed by atoms with E-state index in [-0.39, 0.29) is 18.2 Å². The third-order valence-corrected chi connectivity index (χ3v) is 5.66. The molecule has 7 heteroatoms. The van der Waals surface area contributed by atoms with E-state index in [2.05, 4.69) is 21.5 Å². The van der Waals surface area contributed by atoms with Crippen LogP contribution >= 0.6 is 0 Å². The largest absolute Gasteiger partial charge is 0.385 e. The van der Waals surface area contributed by atoms with Gasteiger partial charge in [-0.05, 0) is 49.4 Å². The maximum Gasteiger partial charge on any atom is 0.255 e. The molecule has 1 aromatic heterocycles. The lowest BCUT2D eigenvalue weighted by Gasteiger charge is -2.25. The first kappa shape index (κ1) is 23.0. The first-order valence-corrected chi connectivity index (χ1v) is 10.8. The van der Waals surface area contributed by atoms with Crippen molar-refractivity contribution in [3.05, 3.63) is 58.9 Å². The lowest BCUT2D eigenvalue weighted by atomic mass is 10.1. The van der Waals surface area contributed by atoms with Crippen molar-refractivity contribution in [2.45, 2.75) is 44.7 Å². The molecule has 2 aromatic rings. The van der Waals surface area contributed by atoms with Crippen molar-refractivity contribution < 1.29 is 14.4 Å². The number of anilines is 1. The molecule has 0 bridgehead atoms. The average Bonchev–Trinajstić information content (AvgIpc) is 3.16. The van der Waals surface area contributed by atoms with E-state index in [0.717, 1.165) is 48.9 Å². The molecule has 0 fully saturated rings. The predicted octanol–water partition coefficient (Wildman–Crippen LogP) is 2.55. The number of hydrogen-bond acceptors (Lipinski definition) is 5. The second-order valence-electron chi connectivity index (χ2n) is 7.72. The second kappa shape index (κ2) is 11.1. The van der Waals surface area contributed by atoms with Gasteiger partial charge in [0.25, 0.3) is 5.91 Å². The second-order valence-corrected chi connectivity index (χ2v) is 7.72. The highest BCUT2D eigenvalue weighted by atomic mass is 16.2. The average molecular weight is 433 g/mol. The van der Waals surface area contributed by atoms with Gasteiger partial charge >= 0.3 is 0 Å². The van der Waals surface area contributed by atoms with Gasteiger partial charge in [0.05, 0.1) is 0 Å². The van der Waals surface area contributed by atoms with Crippen LogP contribution in [-0.4, -0.2) is 47.6 Å². The first-order valence-electron chi connectivity index (χ1n) is 10.8. The van der Waals surface area contributed by atoms with Crippen LogP contribution in [-0.2, 0) is 22.6 Å². The number of amides is 2. The normalized spacial score (nSPS) is 13.2. The van der Waals surface area contributed by atoms with Crippen molar-refractivity contribution in [1.82, 2.24) is 15.2 Å². The fourth-order valence-electron chi connectivity index (χ4n) is 3.93. The Hall–Kier alpha value is -3.66. The zero-order valence-electron chi connectivity index (χ0n) is 18.3. The minimum absolute atomic E-state index is 0.175. The summed E-state index contributed by atoms with van der Waals surface area (Å²) in [6, 6.07) is 8.79. The van der Waals surface area contributed by atoms with Gasteiger partial charge in [-0.3, -0.25) is 9.59 Å². The molecule has 0 saturated heterocycles. The maximum absolute atomic E-state index is 13.0. The number of aromatic nitrogens is 1. The number of rotatable bonds is 11. The van der Waals surface area contributed by atoms with E-state index in [1.165, 1.54) is 7.05 Å². The molecule has 2 heterocycles. The molecular formula is C25H28N4O3. The van der Waals surface area contributed by atoms with Gasteiger partial charge in [-0.1, -0.05) is 18.1 Å². The zero-order chi connectivity index (χ0) is 22.9. The lowest BCUT2D eigenvalue weighted by molar-refractivity contribution is -0.125. The molecule has 2 N–H and O–H groups in total. The van der Waals surface area contributed by atoms with Crippen molar-refractivity contribution in [3.8, 4) is 12.3 Å². The number of likely N-dealkylation sites (N-methyl/N-ethyl adjacent to an activating group) is 1. The summed E-state index contributed by atoms with van der Waals surface area (Å²) in [5.41, 5.74) is 4.20. The van der Waals surface area contributed by atoms with Gasteiger partial charge in [-0.25, -0.2) is 4.98 Å². The number of pyridine rings is 1. The van der Waals surface area contributed by atoms with Gasteiger partial charge in [0, 0.05) is 49.6 Å². The third-order valence-electron chi connectivity index (χ3n) is 5.66. The molecule has 3 rings (SSSR count). The summed E-state index contributed by atoms with van der Waals surface area (Å²) in [5.74, 6) is 2.08. The van der Waals surface area contributed by atoms with Crippen molar-refractivity contribution in [3.63, 3.8) is 0 Å². The van der Waals surface area contributed by atoms with Crippen LogP contribution < -0.4 is 10.6 Å². The molecule has 1 aromatic carbocycles. The highest BCUT2D eigenvalue weighted by Gasteiger charge is 2.36. The molecule has 0 saturated carbocycles. The maximum atomic E-state index is 13.0. The summed E-state index contributed by atoms with van der Waals surface area (Å²) in [6.45, 7) is 1.12. The van der Waals surface area contributed by atoms with Gasteiger partial charge < -0.3 is 20.3 Å².